The summed E-state index contributed by atoms with van der Waals surface area (Å²) in [4.78, 5) is 6.49. The lowest BCUT2D eigenvalue weighted by atomic mass is 10.2. The topological polar surface area (TPSA) is 42.2 Å². The molecule has 2 rings (SSSR count). The summed E-state index contributed by atoms with van der Waals surface area (Å²) in [5.41, 5.74) is 8.87. The summed E-state index contributed by atoms with van der Waals surface area (Å²) in [6.45, 7) is 1.66. The lowest BCUT2D eigenvalue weighted by Gasteiger charge is -2.16. The van der Waals surface area contributed by atoms with E-state index in [9.17, 15) is 0 Å². The van der Waals surface area contributed by atoms with Gasteiger partial charge in [-0.3, -0.25) is 9.88 Å². The molecular weight excluding hydrogens is 298 g/mol. The van der Waals surface area contributed by atoms with Crippen molar-refractivity contribution in [3.05, 3.63) is 44.8 Å². The quantitative estimate of drug-likeness (QED) is 0.943. The van der Waals surface area contributed by atoms with Gasteiger partial charge in [0.05, 0.1) is 15.2 Å². The minimum atomic E-state index is 0.755. The average molecular weight is 312 g/mol. The maximum atomic E-state index is 5.87. The fraction of sp³-hybridized carbons (Fsp3) is 0.250. The van der Waals surface area contributed by atoms with E-state index >= 15 is 0 Å². The molecule has 3 nitrogen and oxygen atoms in total. The van der Waals surface area contributed by atoms with Crippen LogP contribution in [0.15, 0.2) is 33.6 Å². The molecule has 0 aliphatic carbocycles. The van der Waals surface area contributed by atoms with Crippen LogP contribution in [0.5, 0.6) is 0 Å². The molecule has 0 atom stereocenters. The van der Waals surface area contributed by atoms with E-state index in [1.54, 1.807) is 17.5 Å². The number of thiophene rings is 1. The first-order valence-electron chi connectivity index (χ1n) is 5.26. The Bertz CT molecular complexity index is 498. The SMILES string of the molecule is CN(Cc1csc(Br)c1)Cc1ncccc1N. The summed E-state index contributed by atoms with van der Waals surface area (Å²) in [5.74, 6) is 0. The Labute approximate surface area is 113 Å². The largest absolute Gasteiger partial charge is 0.397 e. The van der Waals surface area contributed by atoms with Crippen LogP contribution in [0.4, 0.5) is 5.69 Å². The molecule has 0 bridgehead atoms. The van der Waals surface area contributed by atoms with Gasteiger partial charge in [-0.15, -0.1) is 11.3 Å². The number of halogens is 1. The van der Waals surface area contributed by atoms with Gasteiger partial charge in [0.2, 0.25) is 0 Å². The molecule has 17 heavy (non-hydrogen) atoms. The minimum absolute atomic E-state index is 0.755. The van der Waals surface area contributed by atoms with Gasteiger partial charge >= 0.3 is 0 Å². The molecule has 2 N–H and O–H groups in total. The highest BCUT2D eigenvalue weighted by atomic mass is 79.9. The van der Waals surface area contributed by atoms with E-state index in [1.165, 1.54) is 9.35 Å². The zero-order valence-corrected chi connectivity index (χ0v) is 12.0. The summed E-state index contributed by atoms with van der Waals surface area (Å²) in [7, 11) is 2.07. The van der Waals surface area contributed by atoms with Crippen molar-refractivity contribution in [1.82, 2.24) is 9.88 Å². The van der Waals surface area contributed by atoms with Gasteiger partial charge in [0.1, 0.15) is 0 Å². The van der Waals surface area contributed by atoms with Crippen LogP contribution in [0.3, 0.4) is 0 Å². The molecule has 0 saturated carbocycles. The molecule has 5 heteroatoms. The zero-order chi connectivity index (χ0) is 12.3. The summed E-state index contributed by atoms with van der Waals surface area (Å²) < 4.78 is 1.17. The molecule has 0 unspecified atom stereocenters. The van der Waals surface area contributed by atoms with Crippen molar-refractivity contribution in [2.75, 3.05) is 12.8 Å². The monoisotopic (exact) mass is 311 g/mol. The number of rotatable bonds is 4. The number of pyridine rings is 1. The smallest absolute Gasteiger partial charge is 0.0772 e. The maximum absolute atomic E-state index is 5.87. The third-order valence-corrected chi connectivity index (χ3v) is 3.97. The normalized spacial score (nSPS) is 11.0. The van der Waals surface area contributed by atoms with Crippen molar-refractivity contribution in [2.45, 2.75) is 13.1 Å². The summed E-state index contributed by atoms with van der Waals surface area (Å²) in [6, 6.07) is 5.88. The van der Waals surface area contributed by atoms with Crippen LogP contribution < -0.4 is 5.73 Å². The zero-order valence-electron chi connectivity index (χ0n) is 9.56. The van der Waals surface area contributed by atoms with Crippen LogP contribution >= 0.6 is 27.3 Å². The molecule has 0 radical (unpaired) electrons. The van der Waals surface area contributed by atoms with E-state index in [0.29, 0.717) is 0 Å². The first kappa shape index (κ1) is 12.5. The van der Waals surface area contributed by atoms with Crippen LogP contribution in [0.2, 0.25) is 0 Å². The van der Waals surface area contributed by atoms with Crippen molar-refractivity contribution in [3.63, 3.8) is 0 Å². The Kier molecular flexibility index (Phi) is 4.15. The molecule has 0 amide bonds. The number of aromatic nitrogens is 1. The standard InChI is InChI=1S/C12H14BrN3S/c1-16(6-9-5-12(13)17-8-9)7-11-10(14)3-2-4-15-11/h2-5,8H,6-7,14H2,1H3. The second-order valence-corrected chi connectivity index (χ2v) is 6.26. The fourth-order valence-electron chi connectivity index (χ4n) is 1.63. The van der Waals surface area contributed by atoms with E-state index in [-0.39, 0.29) is 0 Å². The summed E-state index contributed by atoms with van der Waals surface area (Å²) >= 11 is 5.17. The van der Waals surface area contributed by atoms with E-state index < -0.39 is 0 Å². The Morgan fingerprint density at radius 3 is 2.94 bits per heavy atom. The first-order chi connectivity index (χ1) is 8.15. The number of nitrogens with two attached hydrogens (primary N) is 1. The molecule has 0 aromatic carbocycles. The van der Waals surface area contributed by atoms with Crippen LogP contribution in [-0.4, -0.2) is 16.9 Å². The molecule has 2 aromatic rings. The van der Waals surface area contributed by atoms with Crippen LogP contribution in [0.1, 0.15) is 11.3 Å². The first-order valence-corrected chi connectivity index (χ1v) is 6.93. The number of nitrogens with zero attached hydrogens (tertiary/aromatic N) is 2. The van der Waals surface area contributed by atoms with Gasteiger partial charge in [-0.2, -0.15) is 0 Å². The Balaban J connectivity index is 1.98. The second kappa shape index (κ2) is 5.62. The molecule has 2 heterocycles. The fourth-order valence-corrected chi connectivity index (χ4v) is 2.83. The van der Waals surface area contributed by atoms with Crippen molar-refractivity contribution in [3.8, 4) is 0 Å². The van der Waals surface area contributed by atoms with Gasteiger partial charge in [0.15, 0.2) is 0 Å². The third-order valence-electron chi connectivity index (χ3n) is 2.42. The number of hydrogen-bond acceptors (Lipinski definition) is 4. The van der Waals surface area contributed by atoms with Crippen molar-refractivity contribution in [2.24, 2.45) is 0 Å². The predicted molar refractivity (Wildman–Crippen MR) is 75.8 cm³/mol. The molecule has 2 aromatic heterocycles. The molecule has 0 aliphatic rings. The van der Waals surface area contributed by atoms with Crippen LogP contribution in [0.25, 0.3) is 0 Å². The molecular formula is C12H14BrN3S. The molecule has 0 saturated heterocycles. The number of hydrogen-bond donors (Lipinski definition) is 1. The number of anilines is 1. The van der Waals surface area contributed by atoms with Gasteiger partial charge in [-0.25, -0.2) is 0 Å². The van der Waals surface area contributed by atoms with E-state index in [1.807, 2.05) is 12.1 Å². The third kappa shape index (κ3) is 3.52. The Morgan fingerprint density at radius 2 is 2.29 bits per heavy atom. The average Bonchev–Trinajstić information content (AvgIpc) is 2.67. The van der Waals surface area contributed by atoms with Crippen LogP contribution in [0, 0.1) is 0 Å². The van der Waals surface area contributed by atoms with Crippen LogP contribution in [-0.2, 0) is 13.1 Å². The lowest BCUT2D eigenvalue weighted by molar-refractivity contribution is 0.316. The summed E-state index contributed by atoms with van der Waals surface area (Å²) in [5, 5.41) is 2.16. The minimum Gasteiger partial charge on any atom is -0.397 e. The van der Waals surface area contributed by atoms with E-state index in [2.05, 4.69) is 44.3 Å². The van der Waals surface area contributed by atoms with Crippen molar-refractivity contribution < 1.29 is 0 Å². The molecule has 0 aliphatic heterocycles. The summed E-state index contributed by atoms with van der Waals surface area (Å²) in [6.07, 6.45) is 1.78. The van der Waals surface area contributed by atoms with Crippen molar-refractivity contribution >= 4 is 33.0 Å². The van der Waals surface area contributed by atoms with E-state index in [0.717, 1.165) is 24.5 Å². The highest BCUT2D eigenvalue weighted by Gasteiger charge is 2.06. The van der Waals surface area contributed by atoms with Gasteiger partial charge in [-0.05, 0) is 52.1 Å². The van der Waals surface area contributed by atoms with Gasteiger partial charge in [0, 0.05) is 19.3 Å². The Morgan fingerprint density at radius 1 is 1.47 bits per heavy atom. The highest BCUT2D eigenvalue weighted by Crippen LogP contribution is 2.22. The maximum Gasteiger partial charge on any atom is 0.0772 e. The number of nitrogen functional groups attached to an aromatic ring is 1. The lowest BCUT2D eigenvalue weighted by Crippen LogP contribution is -2.18. The molecule has 0 spiro atoms. The second-order valence-electron chi connectivity index (χ2n) is 3.97. The van der Waals surface area contributed by atoms with Gasteiger partial charge in [0.25, 0.3) is 0 Å². The van der Waals surface area contributed by atoms with Gasteiger partial charge in [-0.1, -0.05) is 0 Å². The van der Waals surface area contributed by atoms with E-state index in [4.69, 9.17) is 5.73 Å². The predicted octanol–water partition coefficient (Wildman–Crippen LogP) is 3.12. The molecule has 90 valence electrons. The van der Waals surface area contributed by atoms with Gasteiger partial charge < -0.3 is 5.73 Å². The molecule has 0 fully saturated rings. The highest BCUT2D eigenvalue weighted by molar-refractivity contribution is 9.11. The Hall–Kier alpha value is -0.910. The van der Waals surface area contributed by atoms with Crippen molar-refractivity contribution in [1.29, 1.82) is 0 Å².